The molecular weight excluding hydrogens is 476 g/mol. The van der Waals surface area contributed by atoms with Crippen molar-refractivity contribution >= 4 is 22.1 Å². The van der Waals surface area contributed by atoms with Gasteiger partial charge in [-0.25, -0.2) is 9.97 Å². The Morgan fingerprint density at radius 2 is 1.58 bits per heavy atom. The zero-order chi connectivity index (χ0) is 25.3. The van der Waals surface area contributed by atoms with E-state index in [-0.39, 0.29) is 0 Å². The lowest BCUT2D eigenvalue weighted by Gasteiger charge is -2.08. The van der Waals surface area contributed by atoms with E-state index in [1.165, 1.54) is 0 Å². The highest BCUT2D eigenvalue weighted by Crippen LogP contribution is 2.31. The first-order valence-electron chi connectivity index (χ1n) is 12.0. The van der Waals surface area contributed by atoms with Gasteiger partial charge >= 0.3 is 0 Å². The quantitative estimate of drug-likeness (QED) is 0.308. The van der Waals surface area contributed by atoms with Gasteiger partial charge in [0.1, 0.15) is 17.9 Å². The summed E-state index contributed by atoms with van der Waals surface area (Å²) in [7, 11) is 0. The summed E-state index contributed by atoms with van der Waals surface area (Å²) < 4.78 is 5.97. The van der Waals surface area contributed by atoms with Crippen LogP contribution in [0.5, 0.6) is 5.75 Å². The molecule has 9 nitrogen and oxygen atoms in total. The van der Waals surface area contributed by atoms with Crippen LogP contribution in [-0.2, 0) is 6.61 Å². The first kappa shape index (κ1) is 21.8. The van der Waals surface area contributed by atoms with Gasteiger partial charge in [-0.2, -0.15) is 5.10 Å². The van der Waals surface area contributed by atoms with Gasteiger partial charge in [-0.1, -0.05) is 30.3 Å². The fraction of sp³-hybridized carbons (Fsp3) is 0.0345. The van der Waals surface area contributed by atoms with Gasteiger partial charge in [-0.15, -0.1) is 0 Å². The fourth-order valence-electron chi connectivity index (χ4n) is 4.39. The van der Waals surface area contributed by atoms with E-state index in [2.05, 4.69) is 30.1 Å². The Bertz CT molecular complexity index is 1880. The van der Waals surface area contributed by atoms with Crippen molar-refractivity contribution in [2.24, 2.45) is 0 Å². The number of benzene rings is 1. The zero-order valence-electron chi connectivity index (χ0n) is 20.0. The molecule has 0 unspecified atom stereocenters. The van der Waals surface area contributed by atoms with Gasteiger partial charge in [0.15, 0.2) is 11.5 Å². The maximum atomic E-state index is 5.97. The van der Waals surface area contributed by atoms with Gasteiger partial charge in [0, 0.05) is 35.9 Å². The number of fused-ring (bicyclic) bond motifs is 2. The smallest absolute Gasteiger partial charge is 0.161 e. The summed E-state index contributed by atoms with van der Waals surface area (Å²) in [6, 6.07) is 19.7. The van der Waals surface area contributed by atoms with Crippen molar-refractivity contribution < 1.29 is 4.74 Å². The summed E-state index contributed by atoms with van der Waals surface area (Å²) in [5.41, 5.74) is 8.36. The summed E-state index contributed by atoms with van der Waals surface area (Å²) in [5, 5.41) is 7.60. The highest BCUT2D eigenvalue weighted by Gasteiger charge is 2.17. The number of aromatic nitrogens is 8. The molecule has 6 heterocycles. The molecule has 38 heavy (non-hydrogen) atoms. The van der Waals surface area contributed by atoms with E-state index in [9.17, 15) is 0 Å². The molecule has 7 rings (SSSR count). The van der Waals surface area contributed by atoms with Crippen LogP contribution >= 0.6 is 0 Å². The number of ether oxygens (including phenoxy) is 1. The van der Waals surface area contributed by atoms with Crippen LogP contribution in [0.25, 0.3) is 56.0 Å². The average molecular weight is 497 g/mol. The van der Waals surface area contributed by atoms with Crippen molar-refractivity contribution in [2.45, 2.75) is 6.61 Å². The molecule has 0 aliphatic heterocycles. The Morgan fingerprint density at radius 1 is 0.711 bits per heavy atom. The molecule has 6 aromatic heterocycles. The van der Waals surface area contributed by atoms with Crippen molar-refractivity contribution in [3.63, 3.8) is 0 Å². The number of imidazole rings is 1. The Hall–Kier alpha value is -5.44. The second kappa shape index (κ2) is 9.21. The summed E-state index contributed by atoms with van der Waals surface area (Å²) in [6.45, 7) is 0.465. The highest BCUT2D eigenvalue weighted by atomic mass is 16.5. The van der Waals surface area contributed by atoms with Crippen LogP contribution in [0, 0.1) is 0 Å². The molecule has 0 aliphatic rings. The van der Waals surface area contributed by atoms with Crippen molar-refractivity contribution in [1.29, 1.82) is 0 Å². The molecule has 0 fully saturated rings. The summed E-state index contributed by atoms with van der Waals surface area (Å²) in [4.78, 5) is 26.0. The van der Waals surface area contributed by atoms with Crippen molar-refractivity contribution in [1.82, 2.24) is 40.1 Å². The second-order valence-corrected chi connectivity index (χ2v) is 8.75. The Labute approximate surface area is 216 Å². The van der Waals surface area contributed by atoms with Crippen LogP contribution in [-0.4, -0.2) is 40.1 Å². The molecule has 1 aromatic carbocycles. The van der Waals surface area contributed by atoms with Crippen LogP contribution in [0.3, 0.4) is 0 Å². The predicted octanol–water partition coefficient (Wildman–Crippen LogP) is 5.60. The largest absolute Gasteiger partial charge is 0.487 e. The summed E-state index contributed by atoms with van der Waals surface area (Å²) >= 11 is 0. The lowest BCUT2D eigenvalue weighted by atomic mass is 10.1. The minimum absolute atomic E-state index is 0.465. The molecule has 182 valence electrons. The van der Waals surface area contributed by atoms with Crippen LogP contribution in [0.1, 0.15) is 5.56 Å². The van der Waals surface area contributed by atoms with Crippen molar-refractivity contribution in [2.75, 3.05) is 0 Å². The Morgan fingerprint density at radius 3 is 2.47 bits per heavy atom. The average Bonchev–Trinajstić information content (AvgIpc) is 3.61. The molecule has 0 atom stereocenters. The zero-order valence-corrected chi connectivity index (χ0v) is 20.0. The van der Waals surface area contributed by atoms with Gasteiger partial charge < -0.3 is 9.72 Å². The van der Waals surface area contributed by atoms with Gasteiger partial charge in [0.05, 0.1) is 34.6 Å². The molecule has 0 saturated heterocycles. The molecule has 9 heteroatoms. The first-order valence-corrected chi connectivity index (χ1v) is 12.0. The van der Waals surface area contributed by atoms with E-state index in [1.54, 1.807) is 37.2 Å². The molecule has 0 saturated carbocycles. The van der Waals surface area contributed by atoms with E-state index < -0.39 is 0 Å². The molecule has 7 aromatic rings. The number of aromatic amines is 2. The van der Waals surface area contributed by atoms with E-state index in [4.69, 9.17) is 14.7 Å². The third-order valence-corrected chi connectivity index (χ3v) is 6.27. The minimum atomic E-state index is 0.465. The molecule has 0 aliphatic carbocycles. The Balaban J connectivity index is 1.24. The monoisotopic (exact) mass is 496 g/mol. The maximum Gasteiger partial charge on any atom is 0.161 e. The minimum Gasteiger partial charge on any atom is -0.487 e. The maximum absolute atomic E-state index is 5.97. The number of H-pyrrole nitrogens is 2. The molecule has 0 radical (unpaired) electrons. The van der Waals surface area contributed by atoms with E-state index >= 15 is 0 Å². The molecule has 0 bridgehead atoms. The number of nitrogens with zero attached hydrogens (tertiary/aromatic N) is 6. The third kappa shape index (κ3) is 4.01. The summed E-state index contributed by atoms with van der Waals surface area (Å²) in [5.74, 6) is 1.28. The van der Waals surface area contributed by atoms with Crippen LogP contribution in [0.2, 0.25) is 0 Å². The topological polar surface area (TPSA) is 118 Å². The van der Waals surface area contributed by atoms with Gasteiger partial charge in [-0.05, 0) is 41.5 Å². The number of hydrogen-bond acceptors (Lipinski definition) is 7. The second-order valence-electron chi connectivity index (χ2n) is 8.75. The highest BCUT2D eigenvalue weighted by molar-refractivity contribution is 5.95. The normalized spacial score (nSPS) is 11.3. The van der Waals surface area contributed by atoms with E-state index in [0.29, 0.717) is 29.4 Å². The lowest BCUT2D eigenvalue weighted by Crippen LogP contribution is -1.96. The Kier molecular flexibility index (Phi) is 5.29. The predicted molar refractivity (Wildman–Crippen MR) is 144 cm³/mol. The standard InChI is InChI=1S/C29H20N8O/c1-2-4-18(5-3-1)17-38-21-12-20(13-31-14-21)23-6-7-24-27(33-23)28(37-36-24)29-34-25-16-32-15-22(26(25)35-29)19-8-10-30-11-9-19/h1-16H,17H2,(H,34,35)(H,36,37). The number of pyridine rings is 4. The van der Waals surface area contributed by atoms with E-state index in [0.717, 1.165) is 44.5 Å². The van der Waals surface area contributed by atoms with Crippen molar-refractivity contribution in [3.05, 3.63) is 103 Å². The van der Waals surface area contributed by atoms with Crippen LogP contribution < -0.4 is 4.74 Å². The van der Waals surface area contributed by atoms with Crippen LogP contribution in [0.15, 0.2) is 97.8 Å². The SMILES string of the molecule is c1ccc(COc2cncc(-c3ccc4[nH]nc(-c5nc6c(-c7ccncc7)cncc6[nH]5)c4n3)c2)cc1. The van der Waals surface area contributed by atoms with E-state index in [1.807, 2.05) is 60.7 Å². The third-order valence-electron chi connectivity index (χ3n) is 6.27. The van der Waals surface area contributed by atoms with Crippen LogP contribution in [0.4, 0.5) is 0 Å². The van der Waals surface area contributed by atoms with Crippen molar-refractivity contribution in [3.8, 4) is 39.7 Å². The van der Waals surface area contributed by atoms with Gasteiger partial charge in [0.25, 0.3) is 0 Å². The number of nitrogens with one attached hydrogen (secondary N) is 2. The van der Waals surface area contributed by atoms with Gasteiger partial charge in [-0.3, -0.25) is 20.1 Å². The number of rotatable bonds is 6. The van der Waals surface area contributed by atoms with Gasteiger partial charge in [0.2, 0.25) is 0 Å². The fourth-order valence-corrected chi connectivity index (χ4v) is 4.39. The first-order chi connectivity index (χ1) is 18.8. The number of hydrogen-bond donors (Lipinski definition) is 2. The molecular formula is C29H20N8O. The summed E-state index contributed by atoms with van der Waals surface area (Å²) in [6.07, 6.45) is 10.6. The molecule has 0 spiro atoms. The molecule has 0 amide bonds. The lowest BCUT2D eigenvalue weighted by molar-refractivity contribution is 0.305. The molecule has 2 N–H and O–H groups in total.